The molecule has 1 aromatic heterocycles. The van der Waals surface area contributed by atoms with Crippen molar-refractivity contribution in [1.82, 2.24) is 9.88 Å². The number of rotatable bonds is 2. The predicted molar refractivity (Wildman–Crippen MR) is 58.7 cm³/mol. The zero-order valence-electron chi connectivity index (χ0n) is 9.05. The van der Waals surface area contributed by atoms with Gasteiger partial charge in [-0.3, -0.25) is 14.4 Å². The molecule has 0 saturated carbocycles. The van der Waals surface area contributed by atoms with Gasteiger partial charge in [0.25, 0.3) is 5.91 Å². The Morgan fingerprint density at radius 1 is 1.41 bits per heavy atom. The summed E-state index contributed by atoms with van der Waals surface area (Å²) < 4.78 is 0. The highest BCUT2D eigenvalue weighted by Crippen LogP contribution is 2.18. The van der Waals surface area contributed by atoms with Gasteiger partial charge in [0.15, 0.2) is 0 Å². The first-order valence-electron chi connectivity index (χ1n) is 5.29. The van der Waals surface area contributed by atoms with Crippen molar-refractivity contribution in [3.63, 3.8) is 0 Å². The molecule has 1 atom stereocenters. The van der Waals surface area contributed by atoms with Gasteiger partial charge in [-0.1, -0.05) is 0 Å². The van der Waals surface area contributed by atoms with Gasteiger partial charge in [0, 0.05) is 25.4 Å². The molecule has 0 radical (unpaired) electrons. The number of carboxylic acid groups (broad SMARTS) is 1. The van der Waals surface area contributed by atoms with E-state index in [0.717, 1.165) is 0 Å². The second-order valence-corrected chi connectivity index (χ2v) is 4.02. The number of H-pyrrole nitrogens is 1. The summed E-state index contributed by atoms with van der Waals surface area (Å²) >= 11 is 0. The Balaban J connectivity index is 2.09. The first-order valence-corrected chi connectivity index (χ1v) is 5.29. The molecule has 0 aliphatic carbocycles. The summed E-state index contributed by atoms with van der Waals surface area (Å²) in [6.45, 7) is 0.669. The van der Waals surface area contributed by atoms with E-state index in [9.17, 15) is 14.4 Å². The second kappa shape index (κ2) is 4.40. The summed E-state index contributed by atoms with van der Waals surface area (Å²) in [5.41, 5.74) is 0.0991. The Morgan fingerprint density at radius 2 is 2.18 bits per heavy atom. The SMILES string of the molecule is O=C(O)[C@H]1CCN(C(=O)c2ccc(=O)[nH]c2)C1. The lowest BCUT2D eigenvalue weighted by atomic mass is 10.1. The number of carbonyl (C=O) groups is 2. The number of hydrogen-bond acceptors (Lipinski definition) is 3. The molecule has 2 rings (SSSR count). The number of pyridine rings is 1. The molecule has 0 spiro atoms. The molecule has 90 valence electrons. The maximum absolute atomic E-state index is 11.9. The highest BCUT2D eigenvalue weighted by molar-refractivity contribution is 5.94. The van der Waals surface area contributed by atoms with Gasteiger partial charge in [-0.05, 0) is 12.5 Å². The third-order valence-corrected chi connectivity index (χ3v) is 2.86. The summed E-state index contributed by atoms with van der Waals surface area (Å²) in [6.07, 6.45) is 1.82. The number of nitrogens with zero attached hydrogens (tertiary/aromatic N) is 1. The van der Waals surface area contributed by atoms with Crippen LogP contribution in [0.5, 0.6) is 0 Å². The summed E-state index contributed by atoms with van der Waals surface area (Å²) in [5.74, 6) is -1.60. The van der Waals surface area contributed by atoms with Crippen molar-refractivity contribution in [2.24, 2.45) is 5.92 Å². The molecule has 6 heteroatoms. The number of aromatic amines is 1. The van der Waals surface area contributed by atoms with Crippen molar-refractivity contribution in [1.29, 1.82) is 0 Å². The minimum Gasteiger partial charge on any atom is -0.481 e. The van der Waals surface area contributed by atoms with Gasteiger partial charge in [0.1, 0.15) is 0 Å². The van der Waals surface area contributed by atoms with Crippen LogP contribution in [0.25, 0.3) is 0 Å². The molecule has 6 nitrogen and oxygen atoms in total. The van der Waals surface area contributed by atoms with Gasteiger partial charge >= 0.3 is 5.97 Å². The van der Waals surface area contributed by atoms with Crippen LogP contribution in [0.1, 0.15) is 16.8 Å². The lowest BCUT2D eigenvalue weighted by molar-refractivity contribution is -0.141. The van der Waals surface area contributed by atoms with Crippen LogP contribution >= 0.6 is 0 Å². The Labute approximate surface area is 96.9 Å². The number of carboxylic acids is 1. The van der Waals surface area contributed by atoms with Crippen molar-refractivity contribution in [2.75, 3.05) is 13.1 Å². The molecule has 0 aromatic carbocycles. The first-order chi connectivity index (χ1) is 8.08. The second-order valence-electron chi connectivity index (χ2n) is 4.02. The molecule has 1 aromatic rings. The maximum atomic E-state index is 11.9. The maximum Gasteiger partial charge on any atom is 0.308 e. The highest BCUT2D eigenvalue weighted by Gasteiger charge is 2.31. The van der Waals surface area contributed by atoms with Crippen molar-refractivity contribution < 1.29 is 14.7 Å². The third-order valence-electron chi connectivity index (χ3n) is 2.86. The van der Waals surface area contributed by atoms with Crippen molar-refractivity contribution >= 4 is 11.9 Å². The van der Waals surface area contributed by atoms with Crippen molar-refractivity contribution in [2.45, 2.75) is 6.42 Å². The van der Waals surface area contributed by atoms with E-state index in [4.69, 9.17) is 5.11 Å². The Bertz CT molecular complexity index is 488. The van der Waals surface area contributed by atoms with E-state index < -0.39 is 11.9 Å². The van der Waals surface area contributed by atoms with Gasteiger partial charge in [-0.25, -0.2) is 0 Å². The van der Waals surface area contributed by atoms with Gasteiger partial charge in [-0.2, -0.15) is 0 Å². The van der Waals surface area contributed by atoms with E-state index in [1.807, 2.05) is 0 Å². The predicted octanol–water partition coefficient (Wildman–Crippen LogP) is -0.0784. The molecule has 1 fully saturated rings. The van der Waals surface area contributed by atoms with Gasteiger partial charge in [-0.15, -0.1) is 0 Å². The third kappa shape index (κ3) is 2.35. The van der Waals surface area contributed by atoms with Crippen LogP contribution in [0.4, 0.5) is 0 Å². The smallest absolute Gasteiger partial charge is 0.308 e. The highest BCUT2D eigenvalue weighted by atomic mass is 16.4. The molecular formula is C11H12N2O4. The molecular weight excluding hydrogens is 224 g/mol. The van der Waals surface area contributed by atoms with Crippen LogP contribution in [0, 0.1) is 5.92 Å². The van der Waals surface area contributed by atoms with Crippen LogP contribution < -0.4 is 5.56 Å². The molecule has 17 heavy (non-hydrogen) atoms. The summed E-state index contributed by atoms with van der Waals surface area (Å²) in [5, 5.41) is 8.83. The number of aromatic nitrogens is 1. The van der Waals surface area contributed by atoms with Crippen LogP contribution in [0.15, 0.2) is 23.1 Å². The minimum absolute atomic E-state index is 0.229. The zero-order valence-corrected chi connectivity index (χ0v) is 9.05. The normalized spacial score (nSPS) is 19.3. The monoisotopic (exact) mass is 236 g/mol. The molecule has 2 N–H and O–H groups in total. The topological polar surface area (TPSA) is 90.5 Å². The van der Waals surface area contributed by atoms with Crippen LogP contribution in [-0.2, 0) is 4.79 Å². The average Bonchev–Trinajstić information content (AvgIpc) is 2.78. The number of nitrogens with one attached hydrogen (secondary N) is 1. The van der Waals surface area contributed by atoms with E-state index in [0.29, 0.717) is 18.5 Å². The van der Waals surface area contributed by atoms with Crippen LogP contribution in [-0.4, -0.2) is 40.0 Å². The molecule has 1 amide bonds. The number of carbonyl (C=O) groups excluding carboxylic acids is 1. The summed E-state index contributed by atoms with van der Waals surface area (Å²) in [7, 11) is 0. The molecule has 0 unspecified atom stereocenters. The summed E-state index contributed by atoms with van der Waals surface area (Å²) in [4.78, 5) is 37.5. The van der Waals surface area contributed by atoms with Gasteiger partial charge in [0.2, 0.25) is 5.56 Å². The standard InChI is InChI=1S/C11H12N2O4/c14-9-2-1-7(5-12-9)10(15)13-4-3-8(6-13)11(16)17/h1-2,5,8H,3-4,6H2,(H,12,14)(H,16,17)/t8-/m0/s1. The van der Waals surface area contributed by atoms with E-state index in [-0.39, 0.29) is 18.0 Å². The fourth-order valence-electron chi connectivity index (χ4n) is 1.87. The number of likely N-dealkylation sites (tertiary alicyclic amines) is 1. The van der Waals surface area contributed by atoms with Gasteiger partial charge in [0.05, 0.1) is 11.5 Å². The van der Waals surface area contributed by atoms with E-state index in [1.54, 1.807) is 0 Å². The molecule has 1 aliphatic heterocycles. The zero-order chi connectivity index (χ0) is 12.4. The molecule has 1 aliphatic rings. The molecule has 1 saturated heterocycles. The van der Waals surface area contributed by atoms with Gasteiger partial charge < -0.3 is 15.0 Å². The lowest BCUT2D eigenvalue weighted by Gasteiger charge is -2.15. The number of amides is 1. The number of hydrogen-bond donors (Lipinski definition) is 2. The van der Waals surface area contributed by atoms with E-state index >= 15 is 0 Å². The first kappa shape index (κ1) is 11.4. The Kier molecular flexibility index (Phi) is 2.95. The Hall–Kier alpha value is -2.11. The Morgan fingerprint density at radius 3 is 2.71 bits per heavy atom. The van der Waals surface area contributed by atoms with Crippen molar-refractivity contribution in [3.05, 3.63) is 34.2 Å². The molecule has 2 heterocycles. The summed E-state index contributed by atoms with van der Waals surface area (Å²) in [6, 6.07) is 2.72. The van der Waals surface area contributed by atoms with Crippen LogP contribution in [0.2, 0.25) is 0 Å². The number of aliphatic carboxylic acids is 1. The fourth-order valence-corrected chi connectivity index (χ4v) is 1.87. The largest absolute Gasteiger partial charge is 0.481 e. The lowest BCUT2D eigenvalue weighted by Crippen LogP contribution is -2.30. The average molecular weight is 236 g/mol. The van der Waals surface area contributed by atoms with E-state index in [2.05, 4.69) is 4.98 Å². The van der Waals surface area contributed by atoms with Crippen molar-refractivity contribution in [3.8, 4) is 0 Å². The molecule has 0 bridgehead atoms. The fraction of sp³-hybridized carbons (Fsp3) is 0.364. The van der Waals surface area contributed by atoms with Crippen LogP contribution in [0.3, 0.4) is 0 Å². The van der Waals surface area contributed by atoms with E-state index in [1.165, 1.54) is 23.2 Å². The minimum atomic E-state index is -0.873. The quantitative estimate of drug-likeness (QED) is 0.751.